The first kappa shape index (κ1) is 66.3. The Balaban J connectivity index is 4.39. The standard InChI is InChI=1S/C65H108O5/c1-4-7-10-13-16-19-22-25-28-30-32-34-36-39-42-45-48-51-54-57-60-68-61-63(70-65(67)59-56-53-50-47-44-41-37-27-24-21-18-15-12-9-6-3)62-69-64(66)58-55-52-49-46-43-40-38-35-33-31-29-26-23-20-17-14-11-8-5-2/h7,9-10,12,16,18-19,21,25-29,32,34,37,44,47,53,56,63H,4-6,8,11,13-15,17,20,22-24,30-31,33,35-36,38-43,45-46,48-52,54-55,57-62H2,1-3H3/b10-7-,12-9-,19-16-,21-18-,28-25-,29-26-,34-32-,37-27-,47-44-,56-53-. The number of carbonyl (C=O) groups excluding carboxylic acids is 2. The minimum atomic E-state index is -0.606. The number of rotatable bonds is 52. The fourth-order valence-corrected chi connectivity index (χ4v) is 7.75. The fraction of sp³-hybridized carbons (Fsp3) is 0.662. The van der Waals surface area contributed by atoms with Gasteiger partial charge < -0.3 is 14.2 Å². The number of carbonyl (C=O) groups is 2. The second-order valence-electron chi connectivity index (χ2n) is 18.8. The van der Waals surface area contributed by atoms with Gasteiger partial charge >= 0.3 is 11.9 Å². The van der Waals surface area contributed by atoms with Gasteiger partial charge in [0.1, 0.15) is 6.61 Å². The van der Waals surface area contributed by atoms with E-state index < -0.39 is 6.10 Å². The second kappa shape index (κ2) is 59.6. The molecule has 0 heterocycles. The molecule has 0 rings (SSSR count). The molecular formula is C65H108O5. The summed E-state index contributed by atoms with van der Waals surface area (Å²) in [5, 5.41) is 0. The summed E-state index contributed by atoms with van der Waals surface area (Å²) in [6.45, 7) is 7.47. The van der Waals surface area contributed by atoms with Crippen LogP contribution >= 0.6 is 0 Å². The third kappa shape index (κ3) is 56.9. The van der Waals surface area contributed by atoms with E-state index in [2.05, 4.69) is 130 Å². The maximum Gasteiger partial charge on any atom is 0.310 e. The maximum absolute atomic E-state index is 12.8. The molecule has 1 atom stereocenters. The van der Waals surface area contributed by atoms with Crippen LogP contribution in [0.2, 0.25) is 0 Å². The average Bonchev–Trinajstić information content (AvgIpc) is 3.36. The van der Waals surface area contributed by atoms with E-state index in [0.717, 1.165) is 96.3 Å². The van der Waals surface area contributed by atoms with Crippen LogP contribution in [0.25, 0.3) is 0 Å². The molecule has 398 valence electrons. The van der Waals surface area contributed by atoms with Gasteiger partial charge in [0.2, 0.25) is 0 Å². The molecule has 0 aliphatic rings. The maximum atomic E-state index is 12.8. The first-order chi connectivity index (χ1) is 34.6. The largest absolute Gasteiger partial charge is 0.462 e. The first-order valence-corrected chi connectivity index (χ1v) is 29.1. The zero-order chi connectivity index (χ0) is 50.6. The Morgan fingerprint density at radius 1 is 0.343 bits per heavy atom. The van der Waals surface area contributed by atoms with E-state index in [4.69, 9.17) is 14.2 Å². The van der Waals surface area contributed by atoms with E-state index >= 15 is 0 Å². The fourth-order valence-electron chi connectivity index (χ4n) is 7.75. The van der Waals surface area contributed by atoms with Gasteiger partial charge in [0.15, 0.2) is 6.10 Å². The van der Waals surface area contributed by atoms with Gasteiger partial charge in [-0.05, 0) is 109 Å². The minimum absolute atomic E-state index is 0.0338. The van der Waals surface area contributed by atoms with Crippen LogP contribution in [-0.4, -0.2) is 37.9 Å². The quantitative estimate of drug-likeness (QED) is 0.0345. The lowest BCUT2D eigenvalue weighted by atomic mass is 10.1. The highest BCUT2D eigenvalue weighted by Crippen LogP contribution is 2.14. The summed E-state index contributed by atoms with van der Waals surface area (Å²) in [6, 6.07) is 0. The molecule has 0 saturated heterocycles. The summed E-state index contributed by atoms with van der Waals surface area (Å²) in [5.41, 5.74) is 0. The van der Waals surface area contributed by atoms with E-state index in [-0.39, 0.29) is 31.6 Å². The molecule has 5 nitrogen and oxygen atoms in total. The highest BCUT2D eigenvalue weighted by Gasteiger charge is 2.17. The molecule has 0 radical (unpaired) electrons. The van der Waals surface area contributed by atoms with Crippen LogP contribution in [0, 0.1) is 0 Å². The Labute approximate surface area is 433 Å². The number of ether oxygens (including phenoxy) is 3. The number of esters is 2. The molecule has 0 aromatic heterocycles. The summed E-state index contributed by atoms with van der Waals surface area (Å²) in [4.78, 5) is 25.5. The van der Waals surface area contributed by atoms with Crippen molar-refractivity contribution >= 4 is 11.9 Å². The Morgan fingerprint density at radius 3 is 1.11 bits per heavy atom. The van der Waals surface area contributed by atoms with Gasteiger partial charge in [0, 0.05) is 13.0 Å². The van der Waals surface area contributed by atoms with Crippen LogP contribution < -0.4 is 0 Å². The number of hydrogen-bond donors (Lipinski definition) is 0. The molecule has 0 saturated carbocycles. The van der Waals surface area contributed by atoms with Crippen molar-refractivity contribution in [3.63, 3.8) is 0 Å². The van der Waals surface area contributed by atoms with Crippen molar-refractivity contribution in [2.75, 3.05) is 19.8 Å². The summed E-state index contributed by atoms with van der Waals surface area (Å²) < 4.78 is 17.4. The van der Waals surface area contributed by atoms with Crippen molar-refractivity contribution < 1.29 is 23.8 Å². The van der Waals surface area contributed by atoms with Gasteiger partial charge in [-0.3, -0.25) is 9.59 Å². The SMILES string of the molecule is CC/C=C\C/C=C\C/C=C\C/C=C\C/C=C\CC(=O)OC(COCCCCCCCCC/C=C\C/C=C\C/C=C\C/C=C\CC)COC(=O)CCCCCCCCCCC/C=C\CCCCCCCC. The van der Waals surface area contributed by atoms with Crippen molar-refractivity contribution in [1.82, 2.24) is 0 Å². The third-order valence-corrected chi connectivity index (χ3v) is 12.0. The van der Waals surface area contributed by atoms with E-state index in [1.165, 1.54) is 122 Å². The lowest BCUT2D eigenvalue weighted by Crippen LogP contribution is -2.29. The molecular weight excluding hydrogens is 861 g/mol. The normalized spacial score (nSPS) is 13.1. The van der Waals surface area contributed by atoms with E-state index in [1.54, 1.807) is 0 Å². The summed E-state index contributed by atoms with van der Waals surface area (Å²) in [6.07, 6.45) is 83.9. The van der Waals surface area contributed by atoms with Gasteiger partial charge in [-0.2, -0.15) is 0 Å². The molecule has 0 aromatic rings. The Kier molecular flexibility index (Phi) is 56.5. The van der Waals surface area contributed by atoms with Crippen LogP contribution in [-0.2, 0) is 23.8 Å². The molecule has 0 aliphatic carbocycles. The Bertz CT molecular complexity index is 1420. The summed E-state index contributed by atoms with van der Waals surface area (Å²) in [7, 11) is 0. The molecule has 0 aromatic carbocycles. The Hall–Kier alpha value is -3.70. The highest BCUT2D eigenvalue weighted by molar-refractivity contribution is 5.71. The van der Waals surface area contributed by atoms with Gasteiger partial charge in [0.25, 0.3) is 0 Å². The van der Waals surface area contributed by atoms with Gasteiger partial charge in [0.05, 0.1) is 13.0 Å². The minimum Gasteiger partial charge on any atom is -0.462 e. The van der Waals surface area contributed by atoms with Crippen molar-refractivity contribution in [1.29, 1.82) is 0 Å². The van der Waals surface area contributed by atoms with Crippen LogP contribution in [0.3, 0.4) is 0 Å². The smallest absolute Gasteiger partial charge is 0.310 e. The molecule has 0 amide bonds. The van der Waals surface area contributed by atoms with Gasteiger partial charge in [-0.1, -0.05) is 251 Å². The molecule has 0 bridgehead atoms. The molecule has 0 fully saturated rings. The number of hydrogen-bond acceptors (Lipinski definition) is 5. The molecule has 0 spiro atoms. The molecule has 70 heavy (non-hydrogen) atoms. The first-order valence-electron chi connectivity index (χ1n) is 29.1. The third-order valence-electron chi connectivity index (χ3n) is 12.0. The zero-order valence-corrected chi connectivity index (χ0v) is 45.7. The number of allylic oxidation sites excluding steroid dienone is 19. The number of unbranched alkanes of at least 4 members (excludes halogenated alkanes) is 22. The van der Waals surface area contributed by atoms with E-state index in [9.17, 15) is 9.59 Å². The lowest BCUT2D eigenvalue weighted by Gasteiger charge is -2.18. The summed E-state index contributed by atoms with van der Waals surface area (Å²) in [5.74, 6) is -0.554. The van der Waals surface area contributed by atoms with Crippen LogP contribution in [0.4, 0.5) is 0 Å². The predicted octanol–water partition coefficient (Wildman–Crippen LogP) is 20.1. The predicted molar refractivity (Wildman–Crippen MR) is 306 cm³/mol. The van der Waals surface area contributed by atoms with Crippen LogP contribution in [0.5, 0.6) is 0 Å². The zero-order valence-electron chi connectivity index (χ0n) is 45.7. The summed E-state index contributed by atoms with van der Waals surface area (Å²) >= 11 is 0. The molecule has 0 aliphatic heterocycles. The lowest BCUT2D eigenvalue weighted by molar-refractivity contribution is -0.162. The van der Waals surface area contributed by atoms with Crippen molar-refractivity contribution in [2.24, 2.45) is 0 Å². The van der Waals surface area contributed by atoms with Crippen molar-refractivity contribution in [2.45, 2.75) is 258 Å². The van der Waals surface area contributed by atoms with Crippen LogP contribution in [0.15, 0.2) is 122 Å². The molecule has 1 unspecified atom stereocenters. The van der Waals surface area contributed by atoms with E-state index in [1.807, 2.05) is 12.2 Å². The van der Waals surface area contributed by atoms with Gasteiger partial charge in [-0.15, -0.1) is 0 Å². The molecule has 0 N–H and O–H groups in total. The monoisotopic (exact) mass is 969 g/mol. The van der Waals surface area contributed by atoms with E-state index in [0.29, 0.717) is 13.0 Å². The van der Waals surface area contributed by atoms with Crippen molar-refractivity contribution in [3.05, 3.63) is 122 Å². The topological polar surface area (TPSA) is 61.8 Å². The second-order valence-corrected chi connectivity index (χ2v) is 18.8. The van der Waals surface area contributed by atoms with Crippen LogP contribution in [0.1, 0.15) is 252 Å². The highest BCUT2D eigenvalue weighted by atomic mass is 16.6. The van der Waals surface area contributed by atoms with Gasteiger partial charge in [-0.25, -0.2) is 0 Å². The molecule has 5 heteroatoms. The Morgan fingerprint density at radius 2 is 0.686 bits per heavy atom. The average molecular weight is 970 g/mol. The van der Waals surface area contributed by atoms with Crippen molar-refractivity contribution in [3.8, 4) is 0 Å².